The fourth-order valence-corrected chi connectivity index (χ4v) is 4.24. The second-order valence-electron chi connectivity index (χ2n) is 8.39. The highest BCUT2D eigenvalue weighted by molar-refractivity contribution is 5.94. The van der Waals surface area contributed by atoms with E-state index in [2.05, 4.69) is 10.1 Å². The maximum atomic E-state index is 14.4. The van der Waals surface area contributed by atoms with Crippen LogP contribution in [-0.4, -0.2) is 56.9 Å². The van der Waals surface area contributed by atoms with E-state index in [0.717, 1.165) is 6.20 Å². The van der Waals surface area contributed by atoms with Gasteiger partial charge in [0.2, 0.25) is 0 Å². The van der Waals surface area contributed by atoms with Crippen LogP contribution in [0.5, 0.6) is 11.5 Å². The first kappa shape index (κ1) is 21.3. The number of nitrogens with two attached hydrogens (primary N) is 1. The Bertz CT molecular complexity index is 1270. The molecule has 4 heterocycles. The molecular weight excluding hydrogens is 443 g/mol. The minimum absolute atomic E-state index is 0.0136. The smallest absolute Gasteiger partial charge is 0.341 e. The van der Waals surface area contributed by atoms with Crippen LogP contribution in [0.1, 0.15) is 28.4 Å². The molecule has 0 amide bonds. The average molecular weight is 463 g/mol. The van der Waals surface area contributed by atoms with Gasteiger partial charge in [-0.05, 0) is 19.1 Å². The molecule has 174 valence electrons. The van der Waals surface area contributed by atoms with Crippen LogP contribution in [0.2, 0.25) is 0 Å². The molecule has 0 aliphatic carbocycles. The Morgan fingerprint density at radius 1 is 1.42 bits per heavy atom. The van der Waals surface area contributed by atoms with Crippen LogP contribution < -0.4 is 20.1 Å². The van der Waals surface area contributed by atoms with Crippen LogP contribution in [0.3, 0.4) is 0 Å². The van der Waals surface area contributed by atoms with Crippen molar-refractivity contribution in [2.75, 3.05) is 18.1 Å². The summed E-state index contributed by atoms with van der Waals surface area (Å²) in [4.78, 5) is 17.1. The predicted octanol–water partition coefficient (Wildman–Crippen LogP) is 2.25. The molecule has 0 saturated carbocycles. The molecule has 5 rings (SSSR count). The summed E-state index contributed by atoms with van der Waals surface area (Å²) in [5, 5.41) is 13.3. The highest BCUT2D eigenvalue weighted by Gasteiger charge is 2.39. The molecule has 33 heavy (non-hydrogen) atoms. The van der Waals surface area contributed by atoms with Crippen LogP contribution in [0.4, 0.5) is 19.0 Å². The largest absolute Gasteiger partial charge is 0.486 e. The maximum Gasteiger partial charge on any atom is 0.341 e. The number of nitrogens with zero attached hydrogens (tertiary/aromatic N) is 4. The number of anilines is 1. The Morgan fingerprint density at radius 3 is 2.91 bits per heavy atom. The van der Waals surface area contributed by atoms with Crippen molar-refractivity contribution >= 4 is 17.4 Å². The number of aromatic carboxylic acids is 1. The Morgan fingerprint density at radius 2 is 2.21 bits per heavy atom. The summed E-state index contributed by atoms with van der Waals surface area (Å²) in [5.41, 5.74) is 5.83. The van der Waals surface area contributed by atoms with E-state index in [1.807, 2.05) is 0 Å². The summed E-state index contributed by atoms with van der Waals surface area (Å²) in [6.45, 7) is 1.49. The van der Waals surface area contributed by atoms with Gasteiger partial charge in [-0.1, -0.05) is 0 Å². The topological polar surface area (TPSA) is 115 Å². The Hall–Kier alpha value is -3.54. The molecule has 2 aromatic heterocycles. The first-order chi connectivity index (χ1) is 15.7. The summed E-state index contributed by atoms with van der Waals surface area (Å²) < 4.78 is 55.1. The number of rotatable bonds is 5. The van der Waals surface area contributed by atoms with Gasteiger partial charge in [0.1, 0.15) is 35.4 Å². The number of carbonyl (C=O) groups is 1. The highest BCUT2D eigenvalue weighted by atomic mass is 19.3. The number of aromatic nitrogens is 3. The predicted molar refractivity (Wildman–Crippen MR) is 110 cm³/mol. The molecule has 3 N–H and O–H groups in total. The van der Waals surface area contributed by atoms with Gasteiger partial charge in [0.15, 0.2) is 17.2 Å². The lowest BCUT2D eigenvalue weighted by atomic mass is 9.98. The summed E-state index contributed by atoms with van der Waals surface area (Å²) in [6.07, 6.45) is 0.0814. The molecule has 0 saturated heterocycles. The van der Waals surface area contributed by atoms with Gasteiger partial charge in [-0.2, -0.15) is 5.10 Å². The normalized spacial score (nSPS) is 21.6. The van der Waals surface area contributed by atoms with Gasteiger partial charge in [0.05, 0.1) is 12.4 Å². The zero-order valence-electron chi connectivity index (χ0n) is 17.5. The molecule has 1 aromatic carbocycles. The SMILES string of the molecule is CC1(CN)Cc2cc(F)cc(CN3c4nc5c(C(=O)O)cnn5cc4OC[C@H]3C(F)F)c2O1. The number of hydrogen-bond donors (Lipinski definition) is 2. The van der Waals surface area contributed by atoms with Crippen molar-refractivity contribution in [1.29, 1.82) is 0 Å². The van der Waals surface area contributed by atoms with E-state index in [1.165, 1.54) is 27.7 Å². The first-order valence-electron chi connectivity index (χ1n) is 10.2. The molecule has 2 aliphatic heterocycles. The number of benzene rings is 1. The van der Waals surface area contributed by atoms with Gasteiger partial charge in [-0.25, -0.2) is 27.5 Å². The van der Waals surface area contributed by atoms with Gasteiger partial charge < -0.3 is 25.2 Å². The summed E-state index contributed by atoms with van der Waals surface area (Å²) in [5.74, 6) is -1.21. The third-order valence-corrected chi connectivity index (χ3v) is 5.94. The van der Waals surface area contributed by atoms with Gasteiger partial charge in [-0.3, -0.25) is 0 Å². The van der Waals surface area contributed by atoms with Gasteiger partial charge in [0.25, 0.3) is 6.43 Å². The molecule has 0 radical (unpaired) electrons. The van der Waals surface area contributed by atoms with Crippen molar-refractivity contribution in [3.05, 3.63) is 47.0 Å². The fourth-order valence-electron chi connectivity index (χ4n) is 4.24. The number of halogens is 3. The number of ether oxygens (including phenoxy) is 2. The van der Waals surface area contributed by atoms with Crippen molar-refractivity contribution in [2.45, 2.75) is 38.0 Å². The molecule has 12 heteroatoms. The second kappa shape index (κ2) is 7.51. The van der Waals surface area contributed by atoms with E-state index >= 15 is 0 Å². The number of alkyl halides is 2. The number of carboxylic acids is 1. The molecule has 1 unspecified atom stereocenters. The van der Waals surface area contributed by atoms with Gasteiger partial charge >= 0.3 is 5.97 Å². The summed E-state index contributed by atoms with van der Waals surface area (Å²) in [7, 11) is 0. The summed E-state index contributed by atoms with van der Waals surface area (Å²) in [6, 6.07) is 1.19. The fraction of sp³-hybridized carbons (Fsp3) is 0.381. The zero-order chi connectivity index (χ0) is 23.5. The van der Waals surface area contributed by atoms with Crippen LogP contribution in [0.25, 0.3) is 5.65 Å². The quantitative estimate of drug-likeness (QED) is 0.592. The molecule has 3 aromatic rings. The van der Waals surface area contributed by atoms with Crippen LogP contribution in [-0.2, 0) is 13.0 Å². The molecule has 0 spiro atoms. The molecule has 9 nitrogen and oxygen atoms in total. The van der Waals surface area contributed by atoms with E-state index < -0.39 is 29.9 Å². The molecule has 0 bridgehead atoms. The van der Waals surface area contributed by atoms with Crippen molar-refractivity contribution in [2.24, 2.45) is 5.73 Å². The standard InChI is InChI=1S/C21H20F3N5O4/c1-21(9-25)4-10-2-12(22)3-11(16(10)33-21)6-28-14(17(23)24)8-32-15-7-29-18(27-19(15)28)13(5-26-29)20(30)31/h2-3,5,7,14,17H,4,6,8-9,25H2,1H3,(H,30,31)/t14-,21?/m0/s1. The van der Waals surface area contributed by atoms with Crippen molar-refractivity contribution in [3.63, 3.8) is 0 Å². The van der Waals surface area contributed by atoms with E-state index in [-0.39, 0.29) is 42.5 Å². The van der Waals surface area contributed by atoms with Crippen LogP contribution in [0, 0.1) is 5.82 Å². The van der Waals surface area contributed by atoms with Crippen LogP contribution in [0.15, 0.2) is 24.5 Å². The number of carboxylic acid groups (broad SMARTS) is 1. The second-order valence-corrected chi connectivity index (χ2v) is 8.39. The Labute approximate surface area is 185 Å². The minimum Gasteiger partial charge on any atom is -0.486 e. The van der Waals surface area contributed by atoms with Gasteiger partial charge in [0, 0.05) is 30.6 Å². The molecule has 0 fully saturated rings. The Kier molecular flexibility index (Phi) is 4.85. The van der Waals surface area contributed by atoms with Crippen LogP contribution >= 0.6 is 0 Å². The molecule has 2 atom stereocenters. The lowest BCUT2D eigenvalue weighted by Crippen LogP contribution is -2.47. The Balaban J connectivity index is 1.62. The first-order valence-corrected chi connectivity index (χ1v) is 10.2. The van der Waals surface area contributed by atoms with Gasteiger partial charge in [-0.15, -0.1) is 0 Å². The number of fused-ring (bicyclic) bond motifs is 3. The highest BCUT2D eigenvalue weighted by Crippen LogP contribution is 2.41. The maximum absolute atomic E-state index is 14.4. The summed E-state index contributed by atoms with van der Waals surface area (Å²) >= 11 is 0. The molecule has 2 aliphatic rings. The van der Waals surface area contributed by atoms with Crippen molar-refractivity contribution in [3.8, 4) is 11.5 Å². The monoisotopic (exact) mass is 463 g/mol. The lowest BCUT2D eigenvalue weighted by molar-refractivity contribution is 0.0697. The lowest BCUT2D eigenvalue weighted by Gasteiger charge is -2.37. The minimum atomic E-state index is -2.81. The third-order valence-electron chi connectivity index (χ3n) is 5.94. The van der Waals surface area contributed by atoms with E-state index in [4.69, 9.17) is 15.2 Å². The van der Waals surface area contributed by atoms with Crippen molar-refractivity contribution < 1.29 is 32.5 Å². The number of hydrogen-bond acceptors (Lipinski definition) is 7. The van der Waals surface area contributed by atoms with Crippen molar-refractivity contribution in [1.82, 2.24) is 14.6 Å². The molecular formula is C21H20F3N5O4. The van der Waals surface area contributed by atoms with E-state index in [9.17, 15) is 23.1 Å². The zero-order valence-corrected chi connectivity index (χ0v) is 17.5. The average Bonchev–Trinajstić information content (AvgIpc) is 3.33. The third kappa shape index (κ3) is 3.50. The van der Waals surface area contributed by atoms with E-state index in [1.54, 1.807) is 6.92 Å². The van der Waals surface area contributed by atoms with E-state index in [0.29, 0.717) is 23.3 Å².